The van der Waals surface area contributed by atoms with Crippen molar-refractivity contribution in [3.05, 3.63) is 0 Å². The zero-order chi connectivity index (χ0) is 33.6. The van der Waals surface area contributed by atoms with Crippen molar-refractivity contribution in [3.8, 4) is 0 Å². The van der Waals surface area contributed by atoms with E-state index in [2.05, 4.69) is 21.3 Å². The summed E-state index contributed by atoms with van der Waals surface area (Å²) < 4.78 is 0. The molecule has 0 saturated heterocycles. The van der Waals surface area contributed by atoms with Crippen LogP contribution in [0.2, 0.25) is 0 Å². The summed E-state index contributed by atoms with van der Waals surface area (Å²) in [4.78, 5) is 85.5. The van der Waals surface area contributed by atoms with E-state index in [9.17, 15) is 54.0 Å². The van der Waals surface area contributed by atoms with E-state index in [4.69, 9.17) is 10.8 Å². The van der Waals surface area contributed by atoms with Gasteiger partial charge >= 0.3 is 5.97 Å². The third-order valence-electron chi connectivity index (χ3n) is 5.94. The summed E-state index contributed by atoms with van der Waals surface area (Å²) in [6.07, 6.45) is -2.68. The molecule has 0 saturated carbocycles. The van der Waals surface area contributed by atoms with Crippen LogP contribution in [-0.4, -0.2) is 135 Å². The molecule has 0 aliphatic carbocycles. The molecule has 0 aromatic rings. The standard InChI is InChI=1S/C24H43N7O12/c1-9(2)17(30-19(37)10(3)27-22(40)16(25)11(4)34)23(41)26-6-15(36)28-13(7-32)20(38)29-14(8-33)21(39)31-18(12(5)35)24(42)43/h9-14,16-18,32-35H,6-8,25H2,1-5H3,(H,26,41)(H,27,40)(H,28,36)(H,29,38)(H,30,37)(H,31,39)(H,42,43)/t10-,11+,12+,13-,14-,16-,17-,18-/m0/s1. The molecular weight excluding hydrogens is 578 g/mol. The summed E-state index contributed by atoms with van der Waals surface area (Å²) >= 11 is 0. The summed E-state index contributed by atoms with van der Waals surface area (Å²) in [5.41, 5.74) is 5.52. The molecule has 0 unspecified atom stereocenters. The molecular formula is C24H43N7O12. The SMILES string of the molecule is CC(C)[C@H](NC(=O)[C@H](C)NC(=O)[C@@H](N)[C@@H](C)O)C(=O)NCC(=O)N[C@@H](CO)C(=O)N[C@@H](CO)C(=O)N[C@H](C(=O)O)[C@@H](C)O. The number of carbonyl (C=O) groups is 7. The molecule has 0 aromatic heterocycles. The lowest BCUT2D eigenvalue weighted by molar-refractivity contribution is -0.145. The van der Waals surface area contributed by atoms with E-state index in [1.54, 1.807) is 13.8 Å². The van der Waals surface area contributed by atoms with Gasteiger partial charge < -0.3 is 63.2 Å². The van der Waals surface area contributed by atoms with Gasteiger partial charge in [-0.15, -0.1) is 0 Å². The molecule has 6 amide bonds. The van der Waals surface area contributed by atoms with E-state index < -0.39 is 116 Å². The average molecular weight is 622 g/mol. The number of rotatable bonds is 18. The van der Waals surface area contributed by atoms with Crippen LogP contribution in [0.15, 0.2) is 0 Å². The number of hydrogen-bond donors (Lipinski definition) is 12. The fraction of sp³-hybridized carbons (Fsp3) is 0.708. The predicted octanol–water partition coefficient (Wildman–Crippen LogP) is -6.64. The van der Waals surface area contributed by atoms with Gasteiger partial charge in [0.05, 0.1) is 32.0 Å². The molecule has 43 heavy (non-hydrogen) atoms. The molecule has 0 aromatic carbocycles. The highest BCUT2D eigenvalue weighted by atomic mass is 16.4. The maximum absolute atomic E-state index is 12.7. The molecule has 19 heteroatoms. The zero-order valence-corrected chi connectivity index (χ0v) is 24.5. The van der Waals surface area contributed by atoms with Crippen LogP contribution in [0.4, 0.5) is 0 Å². The van der Waals surface area contributed by atoms with E-state index in [0.717, 1.165) is 6.92 Å². The van der Waals surface area contributed by atoms with Crippen molar-refractivity contribution in [2.45, 2.75) is 83.1 Å². The molecule has 0 rings (SSSR count). The number of aliphatic carboxylic acids is 1. The Morgan fingerprint density at radius 2 is 1.12 bits per heavy atom. The Kier molecular flexibility index (Phi) is 16.9. The van der Waals surface area contributed by atoms with Crippen LogP contribution < -0.4 is 37.6 Å². The zero-order valence-electron chi connectivity index (χ0n) is 24.5. The van der Waals surface area contributed by atoms with Crippen molar-refractivity contribution in [1.82, 2.24) is 31.9 Å². The molecule has 0 heterocycles. The van der Waals surface area contributed by atoms with Crippen LogP contribution in [0.5, 0.6) is 0 Å². The molecule has 0 bridgehead atoms. The lowest BCUT2D eigenvalue weighted by atomic mass is 10.0. The second-order valence-corrected chi connectivity index (χ2v) is 10.1. The highest BCUT2D eigenvalue weighted by molar-refractivity contribution is 5.96. The maximum atomic E-state index is 12.7. The van der Waals surface area contributed by atoms with Crippen molar-refractivity contribution in [1.29, 1.82) is 0 Å². The number of carboxylic acid groups (broad SMARTS) is 1. The fourth-order valence-electron chi connectivity index (χ4n) is 3.23. The Balaban J connectivity index is 5.13. The minimum atomic E-state index is -1.75. The van der Waals surface area contributed by atoms with Crippen LogP contribution in [0.1, 0.15) is 34.6 Å². The quantitative estimate of drug-likeness (QED) is 0.0678. The first-order valence-corrected chi connectivity index (χ1v) is 13.2. The van der Waals surface area contributed by atoms with Gasteiger partial charge in [-0.1, -0.05) is 13.8 Å². The Morgan fingerprint density at radius 1 is 0.628 bits per heavy atom. The van der Waals surface area contributed by atoms with Crippen LogP contribution in [0.25, 0.3) is 0 Å². The number of amides is 6. The average Bonchev–Trinajstić information content (AvgIpc) is 2.92. The first-order valence-electron chi connectivity index (χ1n) is 13.2. The van der Waals surface area contributed by atoms with E-state index in [1.807, 2.05) is 10.6 Å². The van der Waals surface area contributed by atoms with Crippen LogP contribution in [0.3, 0.4) is 0 Å². The van der Waals surface area contributed by atoms with Gasteiger partial charge in [0, 0.05) is 0 Å². The summed E-state index contributed by atoms with van der Waals surface area (Å²) in [7, 11) is 0. The molecule has 13 N–H and O–H groups in total. The molecule has 0 spiro atoms. The highest BCUT2D eigenvalue weighted by Crippen LogP contribution is 2.03. The van der Waals surface area contributed by atoms with Crippen molar-refractivity contribution in [2.75, 3.05) is 19.8 Å². The number of aliphatic hydroxyl groups is 4. The van der Waals surface area contributed by atoms with Crippen LogP contribution in [0, 0.1) is 5.92 Å². The summed E-state index contributed by atoms with van der Waals surface area (Å²) in [6.45, 7) is 4.23. The van der Waals surface area contributed by atoms with Crippen molar-refractivity contribution in [3.63, 3.8) is 0 Å². The summed E-state index contributed by atoms with van der Waals surface area (Å²) in [5, 5.41) is 60.0. The smallest absolute Gasteiger partial charge is 0.328 e. The predicted molar refractivity (Wildman–Crippen MR) is 146 cm³/mol. The van der Waals surface area contributed by atoms with Crippen molar-refractivity contribution < 1.29 is 59.1 Å². The highest BCUT2D eigenvalue weighted by Gasteiger charge is 2.32. The monoisotopic (exact) mass is 621 g/mol. The normalized spacial score (nSPS) is 16.6. The molecule has 0 aliphatic rings. The Labute approximate surface area is 247 Å². The van der Waals surface area contributed by atoms with Crippen molar-refractivity contribution in [2.24, 2.45) is 11.7 Å². The van der Waals surface area contributed by atoms with E-state index in [1.165, 1.54) is 13.8 Å². The molecule has 0 radical (unpaired) electrons. The third kappa shape index (κ3) is 13.3. The molecule has 0 aliphatic heterocycles. The first kappa shape index (κ1) is 39.1. The molecule has 0 fully saturated rings. The van der Waals surface area contributed by atoms with Gasteiger partial charge in [0.25, 0.3) is 0 Å². The lowest BCUT2D eigenvalue weighted by Crippen LogP contribution is -2.60. The fourth-order valence-corrected chi connectivity index (χ4v) is 3.23. The van der Waals surface area contributed by atoms with E-state index >= 15 is 0 Å². The number of carbonyl (C=O) groups excluding carboxylic acids is 6. The van der Waals surface area contributed by atoms with Gasteiger partial charge in [-0.3, -0.25) is 28.8 Å². The molecule has 8 atom stereocenters. The van der Waals surface area contributed by atoms with Gasteiger partial charge in [0.15, 0.2) is 6.04 Å². The number of nitrogens with two attached hydrogens (primary N) is 1. The topological polar surface area (TPSA) is 319 Å². The minimum absolute atomic E-state index is 0.485. The molecule has 246 valence electrons. The van der Waals surface area contributed by atoms with Gasteiger partial charge in [-0.25, -0.2) is 4.79 Å². The van der Waals surface area contributed by atoms with Gasteiger partial charge in [0.2, 0.25) is 35.4 Å². The first-order chi connectivity index (χ1) is 19.9. The second-order valence-electron chi connectivity index (χ2n) is 10.1. The minimum Gasteiger partial charge on any atom is -0.480 e. The van der Waals surface area contributed by atoms with Crippen molar-refractivity contribution >= 4 is 41.4 Å². The summed E-state index contributed by atoms with van der Waals surface area (Å²) in [5.74, 6) is -7.68. The molecule has 19 nitrogen and oxygen atoms in total. The Bertz CT molecular complexity index is 1010. The van der Waals surface area contributed by atoms with E-state index in [0.29, 0.717) is 0 Å². The Hall–Kier alpha value is -3.91. The van der Waals surface area contributed by atoms with Gasteiger partial charge in [-0.2, -0.15) is 0 Å². The number of hydrogen-bond acceptors (Lipinski definition) is 12. The van der Waals surface area contributed by atoms with Gasteiger partial charge in [0.1, 0.15) is 30.2 Å². The van der Waals surface area contributed by atoms with Crippen LogP contribution in [-0.2, 0) is 33.6 Å². The maximum Gasteiger partial charge on any atom is 0.328 e. The van der Waals surface area contributed by atoms with Gasteiger partial charge in [-0.05, 0) is 26.7 Å². The van der Waals surface area contributed by atoms with E-state index in [-0.39, 0.29) is 0 Å². The Morgan fingerprint density at radius 3 is 1.56 bits per heavy atom. The lowest BCUT2D eigenvalue weighted by Gasteiger charge is -2.25. The largest absolute Gasteiger partial charge is 0.480 e. The van der Waals surface area contributed by atoms with Crippen LogP contribution >= 0.6 is 0 Å². The summed E-state index contributed by atoms with van der Waals surface area (Å²) in [6, 6.07) is -8.69. The number of aliphatic hydroxyl groups excluding tert-OH is 4. The number of nitrogens with one attached hydrogen (secondary N) is 6. The second kappa shape index (κ2) is 18.6. The third-order valence-corrected chi connectivity index (χ3v) is 5.94. The number of carboxylic acids is 1.